The molecular weight excluding hydrogens is 478 g/mol. The molecule has 1 fully saturated rings. The molecule has 0 bridgehead atoms. The SMILES string of the molecule is Cc1cc(C(=O)Nc2ccc(-c3cc(N(C(=O)[C@H]4CC[C@H](C)CC4)C(C)C)c(C(=O)O)s3)cc2)on1. The molecule has 3 aromatic rings. The summed E-state index contributed by atoms with van der Waals surface area (Å²) in [7, 11) is 0. The predicted molar refractivity (Wildman–Crippen MR) is 140 cm³/mol. The van der Waals surface area contributed by atoms with Gasteiger partial charge >= 0.3 is 5.97 Å². The van der Waals surface area contributed by atoms with Gasteiger partial charge in [0, 0.05) is 28.6 Å². The second-order valence-electron chi connectivity index (χ2n) is 9.75. The fraction of sp³-hybridized carbons (Fsp3) is 0.407. The minimum atomic E-state index is -1.05. The van der Waals surface area contributed by atoms with Crippen LogP contribution in [0, 0.1) is 18.8 Å². The fourth-order valence-corrected chi connectivity index (χ4v) is 5.59. The maximum Gasteiger partial charge on any atom is 0.348 e. The van der Waals surface area contributed by atoms with Gasteiger partial charge in [0.05, 0.1) is 11.4 Å². The van der Waals surface area contributed by atoms with Crippen LogP contribution in [0.25, 0.3) is 10.4 Å². The molecule has 36 heavy (non-hydrogen) atoms. The van der Waals surface area contributed by atoms with Crippen LogP contribution >= 0.6 is 11.3 Å². The molecule has 0 saturated heterocycles. The number of hydrogen-bond donors (Lipinski definition) is 2. The van der Waals surface area contributed by atoms with Gasteiger partial charge in [0.25, 0.3) is 5.91 Å². The molecule has 190 valence electrons. The van der Waals surface area contributed by atoms with Crippen LogP contribution in [0.15, 0.2) is 40.9 Å². The molecule has 1 saturated carbocycles. The van der Waals surface area contributed by atoms with Gasteiger partial charge in [-0.25, -0.2) is 4.79 Å². The Morgan fingerprint density at radius 3 is 2.33 bits per heavy atom. The van der Waals surface area contributed by atoms with Gasteiger partial charge < -0.3 is 19.8 Å². The lowest BCUT2D eigenvalue weighted by Gasteiger charge is -2.33. The molecule has 2 heterocycles. The van der Waals surface area contributed by atoms with E-state index in [4.69, 9.17) is 4.52 Å². The average Bonchev–Trinajstić information content (AvgIpc) is 3.47. The number of carboxylic acid groups (broad SMARTS) is 1. The molecule has 0 unspecified atom stereocenters. The van der Waals surface area contributed by atoms with Crippen molar-refractivity contribution in [3.8, 4) is 10.4 Å². The van der Waals surface area contributed by atoms with E-state index in [9.17, 15) is 19.5 Å². The standard InChI is InChI=1S/C27H31N3O5S/c1-15(2)30(26(32)19-7-5-16(3)6-8-19)21-14-23(36-24(21)27(33)34)18-9-11-20(12-10-18)28-25(31)22-13-17(4)29-35-22/h9-16,19H,5-8H2,1-4H3,(H,28,31)(H,33,34)/t16-,19-. The third kappa shape index (κ3) is 5.51. The minimum absolute atomic E-state index is 0.00413. The molecule has 9 heteroatoms. The lowest BCUT2D eigenvalue weighted by molar-refractivity contribution is -0.123. The lowest BCUT2D eigenvalue weighted by atomic mass is 9.82. The third-order valence-corrected chi connectivity index (χ3v) is 7.73. The summed E-state index contributed by atoms with van der Waals surface area (Å²) in [4.78, 5) is 40.5. The molecule has 0 atom stereocenters. The molecule has 1 aromatic carbocycles. The molecule has 0 spiro atoms. The summed E-state index contributed by atoms with van der Waals surface area (Å²) in [5.74, 6) is -0.789. The molecule has 0 aliphatic heterocycles. The van der Waals surface area contributed by atoms with Gasteiger partial charge in [0.1, 0.15) is 4.88 Å². The first-order valence-corrected chi connectivity index (χ1v) is 13.0. The number of aryl methyl sites for hydroxylation is 1. The van der Waals surface area contributed by atoms with E-state index in [-0.39, 0.29) is 28.5 Å². The lowest BCUT2D eigenvalue weighted by Crippen LogP contribution is -2.42. The molecule has 1 aliphatic carbocycles. The number of carbonyl (C=O) groups is 3. The summed E-state index contributed by atoms with van der Waals surface area (Å²) in [5, 5.41) is 16.4. The van der Waals surface area contributed by atoms with Crippen LogP contribution in [0.5, 0.6) is 0 Å². The van der Waals surface area contributed by atoms with Crippen molar-refractivity contribution in [3.63, 3.8) is 0 Å². The second-order valence-corrected chi connectivity index (χ2v) is 10.8. The highest BCUT2D eigenvalue weighted by Gasteiger charge is 2.33. The number of benzene rings is 1. The van der Waals surface area contributed by atoms with Crippen molar-refractivity contribution < 1.29 is 24.0 Å². The Morgan fingerprint density at radius 2 is 1.78 bits per heavy atom. The Balaban J connectivity index is 1.58. The van der Waals surface area contributed by atoms with Crippen LogP contribution in [-0.2, 0) is 4.79 Å². The Bertz CT molecular complexity index is 1250. The molecule has 2 amide bonds. The van der Waals surface area contributed by atoms with Crippen LogP contribution in [-0.4, -0.2) is 34.1 Å². The molecule has 1 aliphatic rings. The molecule has 0 radical (unpaired) electrons. The summed E-state index contributed by atoms with van der Waals surface area (Å²) in [6, 6.07) is 10.3. The summed E-state index contributed by atoms with van der Waals surface area (Å²) < 4.78 is 4.99. The Kier molecular flexibility index (Phi) is 7.59. The number of nitrogens with zero attached hydrogens (tertiary/aromatic N) is 2. The maximum atomic E-state index is 13.5. The van der Waals surface area contributed by atoms with Crippen LogP contribution < -0.4 is 10.2 Å². The topological polar surface area (TPSA) is 113 Å². The zero-order chi connectivity index (χ0) is 26.0. The van der Waals surface area contributed by atoms with E-state index in [1.165, 1.54) is 0 Å². The van der Waals surface area contributed by atoms with E-state index in [1.807, 2.05) is 26.0 Å². The van der Waals surface area contributed by atoms with E-state index >= 15 is 0 Å². The van der Waals surface area contributed by atoms with Gasteiger partial charge in [0.2, 0.25) is 11.7 Å². The summed E-state index contributed by atoms with van der Waals surface area (Å²) >= 11 is 1.15. The highest BCUT2D eigenvalue weighted by atomic mass is 32.1. The second kappa shape index (κ2) is 10.7. The monoisotopic (exact) mass is 509 g/mol. The Morgan fingerprint density at radius 1 is 1.11 bits per heavy atom. The largest absolute Gasteiger partial charge is 0.477 e. The maximum absolute atomic E-state index is 13.5. The van der Waals surface area contributed by atoms with Crippen molar-refractivity contribution in [2.24, 2.45) is 11.8 Å². The van der Waals surface area contributed by atoms with Gasteiger partial charge in [-0.05, 0) is 76.1 Å². The van der Waals surface area contributed by atoms with E-state index in [0.29, 0.717) is 23.0 Å². The number of aromatic carboxylic acids is 1. The van der Waals surface area contributed by atoms with Crippen molar-refractivity contribution >= 4 is 40.5 Å². The summed E-state index contributed by atoms with van der Waals surface area (Å²) in [6.07, 6.45) is 3.71. The fourth-order valence-electron chi connectivity index (χ4n) is 4.59. The van der Waals surface area contributed by atoms with E-state index in [0.717, 1.165) is 47.5 Å². The van der Waals surface area contributed by atoms with Gasteiger partial charge in [0.15, 0.2) is 0 Å². The van der Waals surface area contributed by atoms with Crippen molar-refractivity contribution in [1.29, 1.82) is 0 Å². The molecule has 8 nitrogen and oxygen atoms in total. The third-order valence-electron chi connectivity index (χ3n) is 6.56. The van der Waals surface area contributed by atoms with Crippen molar-refractivity contribution in [2.75, 3.05) is 10.2 Å². The zero-order valence-corrected chi connectivity index (χ0v) is 21.7. The van der Waals surface area contributed by atoms with Gasteiger partial charge in [-0.3, -0.25) is 9.59 Å². The van der Waals surface area contributed by atoms with Gasteiger partial charge in [-0.15, -0.1) is 11.3 Å². The van der Waals surface area contributed by atoms with Gasteiger partial charge in [-0.2, -0.15) is 0 Å². The first-order chi connectivity index (χ1) is 17.1. The predicted octanol–water partition coefficient (Wildman–Crippen LogP) is 6.23. The van der Waals surface area contributed by atoms with Crippen molar-refractivity contribution in [1.82, 2.24) is 5.16 Å². The number of rotatable bonds is 7. The molecule has 4 rings (SSSR count). The van der Waals surface area contributed by atoms with Crippen LogP contribution in [0.1, 0.15) is 72.4 Å². The van der Waals surface area contributed by atoms with E-state index < -0.39 is 11.9 Å². The molecule has 2 N–H and O–H groups in total. The number of thiophene rings is 1. The average molecular weight is 510 g/mol. The summed E-state index contributed by atoms with van der Waals surface area (Å²) in [5.41, 5.74) is 2.42. The zero-order valence-electron chi connectivity index (χ0n) is 20.9. The first-order valence-electron chi connectivity index (χ1n) is 12.2. The number of anilines is 2. The number of carbonyl (C=O) groups excluding carboxylic acids is 2. The van der Waals surface area contributed by atoms with Crippen LogP contribution in [0.2, 0.25) is 0 Å². The Labute approximate surface area is 214 Å². The highest BCUT2D eigenvalue weighted by Crippen LogP contribution is 2.40. The van der Waals surface area contributed by atoms with Crippen molar-refractivity contribution in [3.05, 3.63) is 52.7 Å². The number of amides is 2. The number of aromatic nitrogens is 1. The Hall–Kier alpha value is -3.46. The smallest absolute Gasteiger partial charge is 0.348 e. The van der Waals surface area contributed by atoms with Crippen LogP contribution in [0.3, 0.4) is 0 Å². The number of nitrogens with one attached hydrogen (secondary N) is 1. The quantitative estimate of drug-likeness (QED) is 0.390. The van der Waals surface area contributed by atoms with E-state index in [1.54, 1.807) is 36.1 Å². The minimum Gasteiger partial charge on any atom is -0.477 e. The number of hydrogen-bond acceptors (Lipinski definition) is 6. The first kappa shape index (κ1) is 25.6. The summed E-state index contributed by atoms with van der Waals surface area (Å²) in [6.45, 7) is 7.78. The van der Waals surface area contributed by atoms with Crippen molar-refractivity contribution in [2.45, 2.75) is 59.4 Å². The van der Waals surface area contributed by atoms with Crippen LogP contribution in [0.4, 0.5) is 11.4 Å². The van der Waals surface area contributed by atoms with Gasteiger partial charge in [-0.1, -0.05) is 24.2 Å². The molecule has 2 aromatic heterocycles. The number of carboxylic acids is 1. The molecular formula is C27H31N3O5S. The normalized spacial score (nSPS) is 17.7. The highest BCUT2D eigenvalue weighted by molar-refractivity contribution is 7.18. The van der Waals surface area contributed by atoms with E-state index in [2.05, 4.69) is 17.4 Å².